The van der Waals surface area contributed by atoms with Gasteiger partial charge in [0, 0.05) is 18.0 Å². The summed E-state index contributed by atoms with van der Waals surface area (Å²) in [7, 11) is 0. The van der Waals surface area contributed by atoms with Crippen molar-refractivity contribution in [2.45, 2.75) is 20.0 Å². The van der Waals surface area contributed by atoms with Crippen LogP contribution in [0.3, 0.4) is 0 Å². The molecule has 0 saturated heterocycles. The van der Waals surface area contributed by atoms with Crippen molar-refractivity contribution in [1.29, 1.82) is 0 Å². The van der Waals surface area contributed by atoms with Gasteiger partial charge in [0.25, 0.3) is 0 Å². The first-order valence-corrected chi connectivity index (χ1v) is 7.62. The van der Waals surface area contributed by atoms with Gasteiger partial charge in [0.15, 0.2) is 0 Å². The van der Waals surface area contributed by atoms with Crippen LogP contribution in [0.5, 0.6) is 6.01 Å². The molecule has 0 bridgehead atoms. The first kappa shape index (κ1) is 16.2. The molecule has 3 rings (SSSR count). The number of benzene rings is 1. The predicted molar refractivity (Wildman–Crippen MR) is 90.2 cm³/mol. The molecule has 0 amide bonds. The van der Waals surface area contributed by atoms with Crippen molar-refractivity contribution in [2.24, 2.45) is 0 Å². The molecule has 0 saturated carbocycles. The molecular weight excluding hydrogens is 333 g/mol. The molecule has 24 heavy (non-hydrogen) atoms. The molecule has 6 nitrogen and oxygen atoms in total. The summed E-state index contributed by atoms with van der Waals surface area (Å²) in [6, 6.07) is 4.68. The van der Waals surface area contributed by atoms with Crippen LogP contribution in [0.25, 0.3) is 22.6 Å². The summed E-state index contributed by atoms with van der Waals surface area (Å²) >= 11 is 6.06. The SMILES string of the molecule is CC(C)Oc1ncc(-c2nc(-c3c(F)cccc3Cl)[nH]c2N)cn1. The molecule has 8 heteroatoms. The summed E-state index contributed by atoms with van der Waals surface area (Å²) in [6.07, 6.45) is 3.06. The molecule has 2 heterocycles. The number of anilines is 1. The molecule has 0 aliphatic carbocycles. The lowest BCUT2D eigenvalue weighted by molar-refractivity contribution is 0.222. The van der Waals surface area contributed by atoms with Crippen LogP contribution in [0.4, 0.5) is 10.2 Å². The quantitative estimate of drug-likeness (QED) is 0.751. The number of imidazole rings is 1. The number of nitrogens with zero attached hydrogens (tertiary/aromatic N) is 3. The highest BCUT2D eigenvalue weighted by atomic mass is 35.5. The van der Waals surface area contributed by atoms with E-state index >= 15 is 0 Å². The zero-order chi connectivity index (χ0) is 17.3. The number of hydrogen-bond acceptors (Lipinski definition) is 5. The third-order valence-corrected chi connectivity index (χ3v) is 3.49. The van der Waals surface area contributed by atoms with Crippen molar-refractivity contribution in [1.82, 2.24) is 19.9 Å². The second-order valence-corrected chi connectivity index (χ2v) is 5.77. The van der Waals surface area contributed by atoms with Crippen LogP contribution in [-0.2, 0) is 0 Å². The minimum atomic E-state index is -0.486. The van der Waals surface area contributed by atoms with Crippen LogP contribution in [0.1, 0.15) is 13.8 Å². The monoisotopic (exact) mass is 347 g/mol. The van der Waals surface area contributed by atoms with Gasteiger partial charge >= 0.3 is 6.01 Å². The Bertz CT molecular complexity index is 843. The second kappa shape index (κ2) is 6.45. The average molecular weight is 348 g/mol. The van der Waals surface area contributed by atoms with Crippen molar-refractivity contribution in [3.63, 3.8) is 0 Å². The number of nitrogen functional groups attached to an aromatic ring is 1. The lowest BCUT2D eigenvalue weighted by Gasteiger charge is -2.07. The molecule has 0 radical (unpaired) electrons. The van der Waals surface area contributed by atoms with E-state index < -0.39 is 5.82 Å². The number of rotatable bonds is 4. The number of aromatic amines is 1. The van der Waals surface area contributed by atoms with Gasteiger partial charge in [-0.3, -0.25) is 0 Å². The standard InChI is InChI=1S/C16H15ClFN5O/c1-8(2)24-16-20-6-9(7-21-16)13-14(19)23-15(22-13)12-10(17)4-3-5-11(12)18/h3-8H,19H2,1-2H3,(H,22,23). The summed E-state index contributed by atoms with van der Waals surface area (Å²) < 4.78 is 19.4. The zero-order valence-corrected chi connectivity index (χ0v) is 13.8. The van der Waals surface area contributed by atoms with Crippen molar-refractivity contribution >= 4 is 17.4 Å². The number of ether oxygens (including phenoxy) is 1. The van der Waals surface area contributed by atoms with Crippen LogP contribution in [0, 0.1) is 5.82 Å². The number of nitrogens with two attached hydrogens (primary N) is 1. The molecular formula is C16H15ClFN5O. The molecule has 0 fully saturated rings. The summed E-state index contributed by atoms with van der Waals surface area (Å²) in [5, 5.41) is 0.243. The Kier molecular flexibility index (Phi) is 4.35. The van der Waals surface area contributed by atoms with E-state index in [9.17, 15) is 4.39 Å². The minimum absolute atomic E-state index is 0.0268. The Morgan fingerprint density at radius 3 is 2.58 bits per heavy atom. The molecule has 0 spiro atoms. The lowest BCUT2D eigenvalue weighted by Crippen LogP contribution is -2.08. The van der Waals surface area contributed by atoms with Gasteiger partial charge in [0.1, 0.15) is 23.2 Å². The fourth-order valence-electron chi connectivity index (χ4n) is 2.16. The van der Waals surface area contributed by atoms with Gasteiger partial charge in [-0.05, 0) is 26.0 Å². The molecule has 124 valence electrons. The predicted octanol–water partition coefficient (Wildman–Crippen LogP) is 3.70. The van der Waals surface area contributed by atoms with Crippen LogP contribution >= 0.6 is 11.6 Å². The molecule has 1 aromatic carbocycles. The zero-order valence-electron chi connectivity index (χ0n) is 13.0. The van der Waals surface area contributed by atoms with Gasteiger partial charge in [0.2, 0.25) is 0 Å². The molecule has 0 atom stereocenters. The van der Waals surface area contributed by atoms with E-state index in [0.717, 1.165) is 0 Å². The number of hydrogen-bond donors (Lipinski definition) is 2. The number of aromatic nitrogens is 4. The van der Waals surface area contributed by atoms with Crippen LogP contribution in [-0.4, -0.2) is 26.0 Å². The average Bonchev–Trinajstić information content (AvgIpc) is 2.89. The van der Waals surface area contributed by atoms with Gasteiger partial charge in [-0.2, -0.15) is 0 Å². The normalized spacial score (nSPS) is 11.0. The van der Waals surface area contributed by atoms with Crippen molar-refractivity contribution in [3.8, 4) is 28.7 Å². The van der Waals surface area contributed by atoms with Crippen molar-refractivity contribution in [2.75, 3.05) is 5.73 Å². The van der Waals surface area contributed by atoms with E-state index in [1.807, 2.05) is 13.8 Å². The van der Waals surface area contributed by atoms with Crippen molar-refractivity contribution < 1.29 is 9.13 Å². The Labute approximate surface area is 142 Å². The number of halogens is 2. The third-order valence-electron chi connectivity index (χ3n) is 3.17. The first-order chi connectivity index (χ1) is 11.5. The fraction of sp³-hybridized carbons (Fsp3) is 0.188. The van der Waals surface area contributed by atoms with Crippen LogP contribution in [0.15, 0.2) is 30.6 Å². The minimum Gasteiger partial charge on any atom is -0.461 e. The highest BCUT2D eigenvalue weighted by Gasteiger charge is 2.17. The van der Waals surface area contributed by atoms with Crippen LogP contribution in [0.2, 0.25) is 5.02 Å². The fourth-order valence-corrected chi connectivity index (χ4v) is 2.41. The van der Waals surface area contributed by atoms with Gasteiger partial charge in [0.05, 0.1) is 16.7 Å². The maximum atomic E-state index is 14.0. The van der Waals surface area contributed by atoms with Crippen molar-refractivity contribution in [3.05, 3.63) is 41.4 Å². The van der Waals surface area contributed by atoms with Gasteiger partial charge in [-0.1, -0.05) is 17.7 Å². The summed E-state index contributed by atoms with van der Waals surface area (Å²) in [4.78, 5) is 15.4. The molecule has 0 aliphatic rings. The molecule has 0 aliphatic heterocycles. The number of H-pyrrole nitrogens is 1. The topological polar surface area (TPSA) is 89.7 Å². The highest BCUT2D eigenvalue weighted by Crippen LogP contribution is 2.32. The van der Waals surface area contributed by atoms with E-state index in [0.29, 0.717) is 11.3 Å². The second-order valence-electron chi connectivity index (χ2n) is 5.37. The number of nitrogens with one attached hydrogen (secondary N) is 1. The lowest BCUT2D eigenvalue weighted by atomic mass is 10.2. The van der Waals surface area contributed by atoms with E-state index in [-0.39, 0.29) is 34.3 Å². The summed E-state index contributed by atoms with van der Waals surface area (Å²) in [5.74, 6) is 0.0262. The smallest absolute Gasteiger partial charge is 0.316 e. The molecule has 3 N–H and O–H groups in total. The van der Waals surface area contributed by atoms with Crippen LogP contribution < -0.4 is 10.5 Å². The molecule has 3 aromatic rings. The van der Waals surface area contributed by atoms with Gasteiger partial charge in [-0.25, -0.2) is 19.3 Å². The van der Waals surface area contributed by atoms with Gasteiger partial charge < -0.3 is 15.5 Å². The summed E-state index contributed by atoms with van der Waals surface area (Å²) in [5.41, 5.74) is 7.12. The summed E-state index contributed by atoms with van der Waals surface area (Å²) in [6.45, 7) is 3.76. The Morgan fingerprint density at radius 1 is 1.25 bits per heavy atom. The third kappa shape index (κ3) is 3.16. The van der Waals surface area contributed by atoms with Gasteiger partial charge in [-0.15, -0.1) is 0 Å². The highest BCUT2D eigenvalue weighted by molar-refractivity contribution is 6.33. The largest absolute Gasteiger partial charge is 0.461 e. The van der Waals surface area contributed by atoms with E-state index in [1.165, 1.54) is 12.1 Å². The molecule has 2 aromatic heterocycles. The first-order valence-electron chi connectivity index (χ1n) is 7.24. The maximum absolute atomic E-state index is 14.0. The maximum Gasteiger partial charge on any atom is 0.316 e. The Balaban J connectivity index is 1.98. The van der Waals surface area contributed by atoms with E-state index in [4.69, 9.17) is 22.1 Å². The Morgan fingerprint density at radius 2 is 1.96 bits per heavy atom. The van der Waals surface area contributed by atoms with E-state index in [2.05, 4.69) is 19.9 Å². The van der Waals surface area contributed by atoms with E-state index in [1.54, 1.807) is 18.5 Å². The Hall–Kier alpha value is -2.67. The molecule has 0 unspecified atom stereocenters.